The van der Waals surface area contributed by atoms with E-state index in [1.165, 1.54) is 16.9 Å². The Bertz CT molecular complexity index is 426. The van der Waals surface area contributed by atoms with Crippen LogP contribution in [0.4, 0.5) is 0 Å². The summed E-state index contributed by atoms with van der Waals surface area (Å²) >= 11 is 1.61. The molecule has 1 atom stereocenters. The van der Waals surface area contributed by atoms with E-state index in [0.29, 0.717) is 0 Å². The molecule has 0 aliphatic heterocycles. The summed E-state index contributed by atoms with van der Waals surface area (Å²) in [5.41, 5.74) is 0.948. The van der Waals surface area contributed by atoms with Crippen molar-refractivity contribution in [1.29, 1.82) is 0 Å². The van der Waals surface area contributed by atoms with E-state index in [4.69, 9.17) is 4.74 Å². The molecule has 0 fully saturated rings. The highest BCUT2D eigenvalue weighted by molar-refractivity contribution is 7.14. The third-order valence-electron chi connectivity index (χ3n) is 2.93. The van der Waals surface area contributed by atoms with E-state index in [1.807, 2.05) is 26.8 Å². The monoisotopic (exact) mass is 252 g/mol. The van der Waals surface area contributed by atoms with Gasteiger partial charge in [0.15, 0.2) is 0 Å². The van der Waals surface area contributed by atoms with Gasteiger partial charge in [0.05, 0.1) is 0 Å². The number of ether oxygens (including phenoxy) is 1. The minimum absolute atomic E-state index is 0.176. The molecule has 1 aliphatic rings. The number of carbonyl (C=O) groups is 1. The molecule has 0 saturated heterocycles. The van der Waals surface area contributed by atoms with E-state index < -0.39 is 5.60 Å². The van der Waals surface area contributed by atoms with E-state index in [1.54, 1.807) is 11.3 Å². The molecule has 94 valence electrons. The van der Waals surface area contributed by atoms with Gasteiger partial charge < -0.3 is 4.74 Å². The molecule has 0 radical (unpaired) electrons. The Hall–Kier alpha value is -0.830. The Morgan fingerprint density at radius 3 is 2.82 bits per heavy atom. The zero-order valence-corrected chi connectivity index (χ0v) is 11.8. The van der Waals surface area contributed by atoms with Gasteiger partial charge in [-0.15, -0.1) is 11.3 Å². The Morgan fingerprint density at radius 2 is 2.18 bits per heavy atom. The lowest BCUT2D eigenvalue weighted by Crippen LogP contribution is -2.23. The predicted molar refractivity (Wildman–Crippen MR) is 70.7 cm³/mol. The van der Waals surface area contributed by atoms with Gasteiger partial charge in [-0.25, -0.2) is 4.79 Å². The summed E-state index contributed by atoms with van der Waals surface area (Å²) < 4.78 is 5.40. The Balaban J connectivity index is 2.15. The zero-order chi connectivity index (χ0) is 12.6. The lowest BCUT2D eigenvalue weighted by atomic mass is 9.90. The molecular formula is C14H20O2S. The number of hydrogen-bond acceptors (Lipinski definition) is 3. The fraction of sp³-hybridized carbons (Fsp3) is 0.643. The molecule has 0 amide bonds. The van der Waals surface area contributed by atoms with Crippen molar-refractivity contribution < 1.29 is 9.53 Å². The third kappa shape index (κ3) is 3.09. The maximum absolute atomic E-state index is 11.9. The topological polar surface area (TPSA) is 26.3 Å². The quantitative estimate of drug-likeness (QED) is 0.710. The highest BCUT2D eigenvalue weighted by Crippen LogP contribution is 2.32. The van der Waals surface area contributed by atoms with Crippen molar-refractivity contribution in [2.45, 2.75) is 52.6 Å². The molecular weight excluding hydrogens is 232 g/mol. The smallest absolute Gasteiger partial charge is 0.348 e. The Morgan fingerprint density at radius 1 is 1.47 bits per heavy atom. The van der Waals surface area contributed by atoms with Gasteiger partial charge in [0.1, 0.15) is 10.5 Å². The lowest BCUT2D eigenvalue weighted by Gasteiger charge is -2.18. The summed E-state index contributed by atoms with van der Waals surface area (Å²) in [4.78, 5) is 14.1. The van der Waals surface area contributed by atoms with Crippen LogP contribution in [0.25, 0.3) is 0 Å². The van der Waals surface area contributed by atoms with E-state index in [0.717, 1.165) is 23.6 Å². The second-order valence-corrected chi connectivity index (χ2v) is 7.05. The van der Waals surface area contributed by atoms with Crippen LogP contribution in [0.2, 0.25) is 0 Å². The molecule has 0 spiro atoms. The number of carbonyl (C=O) groups excluding carboxylic acids is 1. The van der Waals surface area contributed by atoms with Crippen molar-refractivity contribution in [3.05, 3.63) is 21.4 Å². The molecule has 1 aromatic rings. The van der Waals surface area contributed by atoms with Crippen LogP contribution in [0.15, 0.2) is 6.07 Å². The first-order valence-corrected chi connectivity index (χ1v) is 7.02. The first kappa shape index (κ1) is 12.6. The van der Waals surface area contributed by atoms with E-state index in [2.05, 4.69) is 6.92 Å². The second-order valence-electron chi connectivity index (χ2n) is 5.91. The second kappa shape index (κ2) is 4.45. The number of aryl methyl sites for hydroxylation is 1. The molecule has 0 N–H and O–H groups in total. The summed E-state index contributed by atoms with van der Waals surface area (Å²) in [6.07, 6.45) is 3.46. The van der Waals surface area contributed by atoms with Gasteiger partial charge in [0.25, 0.3) is 0 Å². The molecule has 0 saturated carbocycles. The largest absolute Gasteiger partial charge is 0.456 e. The first-order valence-electron chi connectivity index (χ1n) is 6.20. The summed E-state index contributed by atoms with van der Waals surface area (Å²) in [5.74, 6) is 0.563. The Labute approximate surface area is 107 Å². The fourth-order valence-electron chi connectivity index (χ4n) is 2.13. The van der Waals surface area contributed by atoms with Gasteiger partial charge in [-0.2, -0.15) is 0 Å². The number of thiophene rings is 1. The van der Waals surface area contributed by atoms with Crippen LogP contribution < -0.4 is 0 Å². The van der Waals surface area contributed by atoms with Crippen LogP contribution in [-0.2, 0) is 17.6 Å². The van der Waals surface area contributed by atoms with Crippen LogP contribution in [-0.4, -0.2) is 11.6 Å². The van der Waals surface area contributed by atoms with Gasteiger partial charge in [0.2, 0.25) is 0 Å². The summed E-state index contributed by atoms with van der Waals surface area (Å²) in [6, 6.07) is 2.03. The SMILES string of the molecule is CC1CCc2sc(C(=O)OC(C)(C)C)cc2C1. The molecule has 17 heavy (non-hydrogen) atoms. The van der Waals surface area contributed by atoms with E-state index >= 15 is 0 Å². The van der Waals surface area contributed by atoms with Crippen molar-refractivity contribution in [2.24, 2.45) is 5.92 Å². The maximum Gasteiger partial charge on any atom is 0.348 e. The van der Waals surface area contributed by atoms with Crippen molar-refractivity contribution in [3.63, 3.8) is 0 Å². The molecule has 3 heteroatoms. The highest BCUT2D eigenvalue weighted by atomic mass is 32.1. The standard InChI is InChI=1S/C14H20O2S/c1-9-5-6-11-10(7-9)8-12(17-11)13(15)16-14(2,3)4/h8-9H,5-7H2,1-4H3. The molecule has 2 rings (SSSR count). The predicted octanol–water partition coefficient (Wildman–Crippen LogP) is 3.83. The summed E-state index contributed by atoms with van der Waals surface area (Å²) in [5, 5.41) is 0. The van der Waals surface area contributed by atoms with Crippen LogP contribution >= 0.6 is 11.3 Å². The van der Waals surface area contributed by atoms with Gasteiger partial charge in [0, 0.05) is 4.88 Å². The highest BCUT2D eigenvalue weighted by Gasteiger charge is 2.23. The van der Waals surface area contributed by atoms with Gasteiger partial charge in [-0.05, 0) is 57.6 Å². The third-order valence-corrected chi connectivity index (χ3v) is 4.15. The zero-order valence-electron chi connectivity index (χ0n) is 11.0. The molecule has 0 aromatic carbocycles. The minimum atomic E-state index is -0.408. The normalized spacial score (nSPS) is 19.9. The summed E-state index contributed by atoms with van der Waals surface area (Å²) in [6.45, 7) is 7.98. The number of fused-ring (bicyclic) bond motifs is 1. The van der Waals surface area contributed by atoms with Crippen molar-refractivity contribution in [1.82, 2.24) is 0 Å². The molecule has 0 bridgehead atoms. The maximum atomic E-state index is 11.9. The molecule has 2 nitrogen and oxygen atoms in total. The number of hydrogen-bond donors (Lipinski definition) is 0. The molecule has 1 heterocycles. The Kier molecular flexibility index (Phi) is 3.30. The van der Waals surface area contributed by atoms with Crippen LogP contribution in [0.3, 0.4) is 0 Å². The molecule has 1 unspecified atom stereocenters. The van der Waals surface area contributed by atoms with Gasteiger partial charge in [-0.1, -0.05) is 6.92 Å². The van der Waals surface area contributed by atoms with Crippen LogP contribution in [0.5, 0.6) is 0 Å². The average molecular weight is 252 g/mol. The summed E-state index contributed by atoms with van der Waals surface area (Å²) in [7, 11) is 0. The van der Waals surface area contributed by atoms with Gasteiger partial charge in [-0.3, -0.25) is 0 Å². The molecule has 1 aromatic heterocycles. The van der Waals surface area contributed by atoms with Crippen molar-refractivity contribution in [2.75, 3.05) is 0 Å². The molecule has 1 aliphatic carbocycles. The number of rotatable bonds is 1. The lowest BCUT2D eigenvalue weighted by molar-refractivity contribution is 0.00751. The first-order chi connectivity index (χ1) is 7.85. The number of esters is 1. The van der Waals surface area contributed by atoms with Crippen molar-refractivity contribution >= 4 is 17.3 Å². The van der Waals surface area contributed by atoms with Crippen LogP contribution in [0, 0.1) is 5.92 Å². The van der Waals surface area contributed by atoms with Gasteiger partial charge >= 0.3 is 5.97 Å². The average Bonchev–Trinajstić information content (AvgIpc) is 2.57. The van der Waals surface area contributed by atoms with Crippen LogP contribution in [0.1, 0.15) is 54.2 Å². The fourth-order valence-corrected chi connectivity index (χ4v) is 3.22. The van der Waals surface area contributed by atoms with Crippen molar-refractivity contribution in [3.8, 4) is 0 Å². The minimum Gasteiger partial charge on any atom is -0.456 e. The van der Waals surface area contributed by atoms with E-state index in [-0.39, 0.29) is 5.97 Å². The van der Waals surface area contributed by atoms with E-state index in [9.17, 15) is 4.79 Å².